The van der Waals surface area contributed by atoms with E-state index < -0.39 is 0 Å². The van der Waals surface area contributed by atoms with Gasteiger partial charge in [0.1, 0.15) is 5.78 Å². The summed E-state index contributed by atoms with van der Waals surface area (Å²) in [6.07, 6.45) is 11.4. The lowest BCUT2D eigenvalue weighted by atomic mass is 9.93. The van der Waals surface area contributed by atoms with Crippen LogP contribution in [0.25, 0.3) is 0 Å². The summed E-state index contributed by atoms with van der Waals surface area (Å²) in [5, 5.41) is 0. The molecule has 2 nitrogen and oxygen atoms in total. The number of ketones is 2. The zero-order chi connectivity index (χ0) is 13.0. The van der Waals surface area contributed by atoms with E-state index in [1.54, 1.807) is 6.08 Å². The molecule has 0 radical (unpaired) electrons. The zero-order valence-electron chi connectivity index (χ0n) is 11.2. The lowest BCUT2D eigenvalue weighted by Gasteiger charge is -2.11. The minimum atomic E-state index is 0.0636. The smallest absolute Gasteiger partial charge is 0.160 e. The molecule has 1 unspecified atom stereocenters. The Hall–Kier alpha value is -1.18. The Morgan fingerprint density at radius 3 is 2.89 bits per heavy atom. The van der Waals surface area contributed by atoms with Gasteiger partial charge in [0.05, 0.1) is 0 Å². The van der Waals surface area contributed by atoms with Gasteiger partial charge in [0.2, 0.25) is 0 Å². The molecule has 0 aliphatic heterocycles. The first-order valence-corrected chi connectivity index (χ1v) is 7.18. The van der Waals surface area contributed by atoms with Crippen molar-refractivity contribution in [3.63, 3.8) is 0 Å². The molecule has 2 aliphatic carbocycles. The van der Waals surface area contributed by atoms with Gasteiger partial charge in [0.25, 0.3) is 0 Å². The Morgan fingerprint density at radius 1 is 1.28 bits per heavy atom. The number of hydrogen-bond donors (Lipinski definition) is 0. The van der Waals surface area contributed by atoms with Crippen molar-refractivity contribution in [1.29, 1.82) is 0 Å². The molecule has 2 heteroatoms. The van der Waals surface area contributed by atoms with Gasteiger partial charge in [-0.1, -0.05) is 32.3 Å². The molecular weight excluding hydrogens is 224 g/mol. The molecule has 0 N–H and O–H groups in total. The summed E-state index contributed by atoms with van der Waals surface area (Å²) in [4.78, 5) is 23.5. The molecule has 0 aromatic carbocycles. The second-order valence-electron chi connectivity index (χ2n) is 5.43. The van der Waals surface area contributed by atoms with Crippen molar-refractivity contribution < 1.29 is 9.59 Å². The predicted octanol–water partition coefficient (Wildman–Crippen LogP) is 3.76. The van der Waals surface area contributed by atoms with Crippen LogP contribution in [-0.4, -0.2) is 11.6 Å². The number of carbonyl (C=O) groups is 2. The maximum atomic E-state index is 12.0. The van der Waals surface area contributed by atoms with E-state index in [1.165, 1.54) is 12.0 Å². The zero-order valence-corrected chi connectivity index (χ0v) is 11.2. The molecule has 1 fully saturated rings. The van der Waals surface area contributed by atoms with Crippen molar-refractivity contribution in [3.8, 4) is 0 Å². The minimum Gasteiger partial charge on any atom is -0.299 e. The van der Waals surface area contributed by atoms with E-state index in [4.69, 9.17) is 0 Å². The summed E-state index contributed by atoms with van der Waals surface area (Å²) in [5.74, 6) is 0.634. The monoisotopic (exact) mass is 246 g/mol. The van der Waals surface area contributed by atoms with Gasteiger partial charge in [0, 0.05) is 18.8 Å². The molecule has 0 heterocycles. The standard InChI is InChI=1S/C16H22O2/c1-2-6-12-10-15(17)11-14(12)9-13-7-4-3-5-8-16(13)18/h9-10,13H,2-8,11H2,1H3/b14-9+. The van der Waals surface area contributed by atoms with Crippen LogP contribution < -0.4 is 0 Å². The molecule has 1 atom stereocenters. The third-order valence-corrected chi connectivity index (χ3v) is 3.89. The second-order valence-corrected chi connectivity index (χ2v) is 5.43. The topological polar surface area (TPSA) is 34.1 Å². The molecule has 2 aliphatic rings. The summed E-state index contributed by atoms with van der Waals surface area (Å²) in [6, 6.07) is 0. The number of hydrogen-bond acceptors (Lipinski definition) is 2. The first-order valence-electron chi connectivity index (χ1n) is 7.18. The average Bonchev–Trinajstić information content (AvgIpc) is 2.54. The van der Waals surface area contributed by atoms with Crippen LogP contribution in [0.5, 0.6) is 0 Å². The summed E-state index contributed by atoms with van der Waals surface area (Å²) in [6.45, 7) is 2.12. The van der Waals surface area contributed by atoms with Crippen LogP contribution in [0.1, 0.15) is 58.3 Å². The Balaban J connectivity index is 2.13. The van der Waals surface area contributed by atoms with Crippen molar-refractivity contribution in [1.82, 2.24) is 0 Å². The number of Topliss-reactive ketones (excluding diaryl/α,β-unsaturated/α-hetero) is 1. The third-order valence-electron chi connectivity index (χ3n) is 3.89. The molecule has 0 aromatic heterocycles. The highest BCUT2D eigenvalue weighted by Crippen LogP contribution is 2.30. The van der Waals surface area contributed by atoms with Crippen molar-refractivity contribution in [3.05, 3.63) is 23.3 Å². The molecule has 0 aromatic rings. The SMILES string of the molecule is CCCC1=CC(=O)C/C1=C\C1CCCCCC1=O. The largest absolute Gasteiger partial charge is 0.299 e. The Bertz CT molecular complexity index is 401. The maximum Gasteiger partial charge on any atom is 0.160 e. The lowest BCUT2D eigenvalue weighted by Crippen LogP contribution is -2.10. The molecule has 98 valence electrons. The molecule has 2 rings (SSSR count). The number of rotatable bonds is 3. The number of allylic oxidation sites excluding steroid dienone is 4. The first kappa shape index (κ1) is 13.3. The quantitative estimate of drug-likeness (QED) is 0.710. The highest BCUT2D eigenvalue weighted by atomic mass is 16.1. The average molecular weight is 246 g/mol. The molecule has 0 bridgehead atoms. The van der Waals surface area contributed by atoms with E-state index >= 15 is 0 Å². The van der Waals surface area contributed by atoms with Gasteiger partial charge in [-0.25, -0.2) is 0 Å². The predicted molar refractivity (Wildman–Crippen MR) is 72.3 cm³/mol. The van der Waals surface area contributed by atoms with E-state index in [1.807, 2.05) is 0 Å². The van der Waals surface area contributed by atoms with E-state index in [2.05, 4.69) is 13.0 Å². The molecule has 0 saturated heterocycles. The van der Waals surface area contributed by atoms with Crippen LogP contribution in [0.2, 0.25) is 0 Å². The fourth-order valence-electron chi connectivity index (χ4n) is 2.91. The maximum absolute atomic E-state index is 12.0. The summed E-state index contributed by atoms with van der Waals surface area (Å²) in [5.41, 5.74) is 2.29. The first-order chi connectivity index (χ1) is 8.70. The van der Waals surface area contributed by atoms with E-state index in [0.29, 0.717) is 12.2 Å². The fourth-order valence-corrected chi connectivity index (χ4v) is 2.91. The lowest BCUT2D eigenvalue weighted by molar-refractivity contribution is -0.121. The van der Waals surface area contributed by atoms with Crippen LogP contribution in [-0.2, 0) is 9.59 Å². The Labute approximate surface area is 109 Å². The van der Waals surface area contributed by atoms with Gasteiger partial charge in [-0.2, -0.15) is 0 Å². The van der Waals surface area contributed by atoms with Crippen LogP contribution in [0.3, 0.4) is 0 Å². The molecule has 0 amide bonds. The van der Waals surface area contributed by atoms with E-state index in [-0.39, 0.29) is 11.7 Å². The van der Waals surface area contributed by atoms with Gasteiger partial charge >= 0.3 is 0 Å². The summed E-state index contributed by atoms with van der Waals surface area (Å²) >= 11 is 0. The van der Waals surface area contributed by atoms with Crippen molar-refractivity contribution in [2.75, 3.05) is 0 Å². The van der Waals surface area contributed by atoms with Gasteiger partial charge in [-0.05, 0) is 36.5 Å². The van der Waals surface area contributed by atoms with E-state index in [9.17, 15) is 9.59 Å². The molecule has 0 spiro atoms. The van der Waals surface area contributed by atoms with Crippen molar-refractivity contribution in [2.45, 2.75) is 58.3 Å². The van der Waals surface area contributed by atoms with Gasteiger partial charge in [0.15, 0.2) is 5.78 Å². The van der Waals surface area contributed by atoms with Gasteiger partial charge in [-0.15, -0.1) is 0 Å². The van der Waals surface area contributed by atoms with Crippen LogP contribution in [0.15, 0.2) is 23.3 Å². The van der Waals surface area contributed by atoms with Gasteiger partial charge in [-0.3, -0.25) is 9.59 Å². The molecule has 1 saturated carbocycles. The van der Waals surface area contributed by atoms with Crippen LogP contribution >= 0.6 is 0 Å². The normalized spacial score (nSPS) is 27.5. The molecule has 18 heavy (non-hydrogen) atoms. The summed E-state index contributed by atoms with van der Waals surface area (Å²) < 4.78 is 0. The minimum absolute atomic E-state index is 0.0636. The number of carbonyl (C=O) groups excluding carboxylic acids is 2. The van der Waals surface area contributed by atoms with Gasteiger partial charge < -0.3 is 0 Å². The van der Waals surface area contributed by atoms with E-state index in [0.717, 1.165) is 44.1 Å². The molecular formula is C16H22O2. The van der Waals surface area contributed by atoms with Crippen LogP contribution in [0.4, 0.5) is 0 Å². The third kappa shape index (κ3) is 3.18. The Morgan fingerprint density at radius 2 is 2.11 bits per heavy atom. The highest BCUT2D eigenvalue weighted by molar-refractivity contribution is 5.97. The van der Waals surface area contributed by atoms with Crippen molar-refractivity contribution >= 4 is 11.6 Å². The fraction of sp³-hybridized carbons (Fsp3) is 0.625. The van der Waals surface area contributed by atoms with Crippen LogP contribution in [0, 0.1) is 5.92 Å². The van der Waals surface area contributed by atoms with Crippen molar-refractivity contribution in [2.24, 2.45) is 5.92 Å². The second kappa shape index (κ2) is 6.12. The highest BCUT2D eigenvalue weighted by Gasteiger charge is 2.23. The summed E-state index contributed by atoms with van der Waals surface area (Å²) in [7, 11) is 0. The Kier molecular flexibility index (Phi) is 4.51.